The molecule has 2 radical (unpaired) electrons. The maximum atomic E-state index is 12.9. The van der Waals surface area contributed by atoms with Crippen LogP contribution in [0.4, 0.5) is 0 Å². The zero-order valence-corrected chi connectivity index (χ0v) is 30.4. The van der Waals surface area contributed by atoms with Gasteiger partial charge in [-0.25, -0.2) is 0 Å². The molecule has 0 fully saturated rings. The minimum absolute atomic E-state index is 0.0169. The molecule has 0 bridgehead atoms. The van der Waals surface area contributed by atoms with Crippen LogP contribution in [0, 0.1) is 0 Å². The number of aromatic nitrogens is 2. The van der Waals surface area contributed by atoms with E-state index in [0.717, 1.165) is 42.0 Å². The van der Waals surface area contributed by atoms with Gasteiger partial charge in [-0.1, -0.05) is 0 Å². The van der Waals surface area contributed by atoms with Gasteiger partial charge in [-0.05, 0) is 0 Å². The fourth-order valence-electron chi connectivity index (χ4n) is 4.47. The molecule has 2 aromatic heterocycles. The first kappa shape index (κ1) is 31.6. The topological polar surface area (TPSA) is 78.4 Å². The van der Waals surface area contributed by atoms with Crippen LogP contribution in [-0.2, 0) is 27.8 Å². The van der Waals surface area contributed by atoms with Gasteiger partial charge in [0.15, 0.2) is 0 Å². The fourth-order valence-corrected chi connectivity index (χ4v) is 8.31. The summed E-state index contributed by atoms with van der Waals surface area (Å²) in [6.45, 7) is 0. The Morgan fingerprint density at radius 3 is 1.31 bits per heavy atom. The van der Waals surface area contributed by atoms with Gasteiger partial charge in [0, 0.05) is 0 Å². The molecule has 222 valence electrons. The van der Waals surface area contributed by atoms with E-state index in [1.54, 1.807) is 24.3 Å². The third kappa shape index (κ3) is 8.06. The van der Waals surface area contributed by atoms with E-state index in [2.05, 4.69) is 0 Å². The number of rotatable bonds is 10. The molecule has 6 nitrogen and oxygen atoms in total. The molecule has 4 aromatic carbocycles. The number of carbonyl (C=O) groups is 2. The number of hydrogen-bond acceptors (Lipinski definition) is 8. The van der Waals surface area contributed by atoms with Crippen molar-refractivity contribution >= 4 is 83.0 Å². The third-order valence-corrected chi connectivity index (χ3v) is 11.7. The van der Waals surface area contributed by atoms with Crippen molar-refractivity contribution in [2.24, 2.45) is 0 Å². The number of carbonyl (C=O) groups excluding carboxylic acids is 2. The Hall–Kier alpha value is -3.42. The monoisotopic (exact) mass is 864 g/mol. The zero-order chi connectivity index (χ0) is 31.2. The Bertz CT molecular complexity index is 1790. The molecule has 0 unspecified atom stereocenters. The Morgan fingerprint density at radius 2 is 0.933 bits per heavy atom. The van der Waals surface area contributed by atoms with Crippen LogP contribution in [-0.4, -0.2) is 47.0 Å². The van der Waals surface area contributed by atoms with Gasteiger partial charge < -0.3 is 0 Å². The van der Waals surface area contributed by atoms with Gasteiger partial charge in [-0.2, -0.15) is 0 Å². The van der Waals surface area contributed by atoms with Gasteiger partial charge >= 0.3 is 293 Å². The Balaban J connectivity index is 1.13. The van der Waals surface area contributed by atoms with Gasteiger partial charge in [-0.3, -0.25) is 0 Å². The molecule has 6 aromatic rings. The predicted octanol–water partition coefficient (Wildman–Crippen LogP) is 8.98. The second-order valence-corrected chi connectivity index (χ2v) is 15.0. The average Bonchev–Trinajstić information content (AvgIpc) is 3.67. The number of hydrogen-bond donors (Lipinski definition) is 0. The third-order valence-electron chi connectivity index (χ3n) is 6.59. The first-order valence-electron chi connectivity index (χ1n) is 13.7. The van der Waals surface area contributed by atoms with Crippen LogP contribution >= 0.6 is 45.9 Å². The molecule has 0 aliphatic rings. The molecule has 0 amide bonds. The molecule has 0 saturated carbocycles. The minimum atomic E-state index is -2.50. The molecule has 45 heavy (non-hydrogen) atoms. The van der Waals surface area contributed by atoms with Gasteiger partial charge in [0.2, 0.25) is 0 Å². The summed E-state index contributed by atoms with van der Waals surface area (Å²) in [4.78, 5) is 37.1. The molecular weight excluding hydrogens is 843 g/mol. The summed E-state index contributed by atoms with van der Waals surface area (Å²) in [5.74, 6) is -0.897. The number of halogens is 2. The number of benzene rings is 4. The van der Waals surface area contributed by atoms with E-state index >= 15 is 0 Å². The second-order valence-electron chi connectivity index (χ2n) is 9.71. The summed E-state index contributed by atoms with van der Waals surface area (Å²) < 4.78 is 11.1. The molecule has 6 rings (SSSR count). The van der Waals surface area contributed by atoms with Crippen molar-refractivity contribution in [3.63, 3.8) is 0 Å². The van der Waals surface area contributed by atoms with Crippen molar-refractivity contribution in [2.45, 2.75) is 12.8 Å². The van der Waals surface area contributed by atoms with Crippen LogP contribution in [0.3, 0.4) is 0 Å². The van der Waals surface area contributed by atoms with E-state index in [1.807, 2.05) is 84.9 Å². The summed E-state index contributed by atoms with van der Waals surface area (Å²) in [6.07, 6.45) is 0.0337. The van der Waals surface area contributed by atoms with Crippen molar-refractivity contribution in [1.29, 1.82) is 0 Å². The molecular formula is C34H22Cl2N2O4PbS2. The van der Waals surface area contributed by atoms with Gasteiger partial charge in [0.25, 0.3) is 0 Å². The van der Waals surface area contributed by atoms with Crippen molar-refractivity contribution in [2.75, 3.05) is 0 Å². The summed E-state index contributed by atoms with van der Waals surface area (Å²) in [5, 5.41) is 2.83. The molecule has 2 heterocycles. The normalized spacial score (nSPS) is 10.9. The first-order chi connectivity index (χ1) is 21.9. The van der Waals surface area contributed by atoms with Crippen molar-refractivity contribution in [1.82, 2.24) is 9.97 Å². The van der Waals surface area contributed by atoms with Crippen LogP contribution in [0.25, 0.3) is 43.7 Å². The van der Waals surface area contributed by atoms with Crippen molar-refractivity contribution < 1.29 is 15.0 Å². The van der Waals surface area contributed by atoms with E-state index < -0.39 is 37.1 Å². The van der Waals surface area contributed by atoms with Gasteiger partial charge in [0.1, 0.15) is 0 Å². The maximum absolute atomic E-state index is 12.9. The molecule has 0 aliphatic carbocycles. The Morgan fingerprint density at radius 1 is 0.556 bits per heavy atom. The van der Waals surface area contributed by atoms with E-state index in [1.165, 1.54) is 22.7 Å². The van der Waals surface area contributed by atoms with E-state index in [-0.39, 0.29) is 12.8 Å². The van der Waals surface area contributed by atoms with Crippen molar-refractivity contribution in [3.05, 3.63) is 129 Å². The predicted molar refractivity (Wildman–Crippen MR) is 181 cm³/mol. The Kier molecular flexibility index (Phi) is 10.4. The molecule has 0 saturated heterocycles. The zero-order valence-electron chi connectivity index (χ0n) is 23.4. The van der Waals surface area contributed by atoms with Crippen LogP contribution in [0.1, 0.15) is 9.75 Å². The Labute approximate surface area is 291 Å². The van der Waals surface area contributed by atoms with Crippen LogP contribution in [0.2, 0.25) is 10.0 Å². The molecule has 11 heteroatoms. The summed E-state index contributed by atoms with van der Waals surface area (Å²) >= 11 is 12.6. The summed E-state index contributed by atoms with van der Waals surface area (Å²) in [6, 6.07) is 34.3. The number of thiazole rings is 2. The molecule has 0 spiro atoms. The summed E-state index contributed by atoms with van der Waals surface area (Å²) in [7, 11) is 0. The SMILES string of the molecule is O=C(Cc1sc(-c2ccccc2)nc1-c1ccc(Cl)cc1)[O][Pb][O]C(=O)Cc1sc(-c2ccccc2)nc1-c1ccc(Cl)cc1. The second kappa shape index (κ2) is 14.8. The van der Waals surface area contributed by atoms with Gasteiger partial charge in [-0.15, -0.1) is 0 Å². The summed E-state index contributed by atoms with van der Waals surface area (Å²) in [5.41, 5.74) is 5.02. The van der Waals surface area contributed by atoms with E-state index in [0.29, 0.717) is 21.4 Å². The van der Waals surface area contributed by atoms with E-state index in [9.17, 15) is 9.59 Å². The van der Waals surface area contributed by atoms with E-state index in [4.69, 9.17) is 38.5 Å². The average molecular weight is 865 g/mol. The van der Waals surface area contributed by atoms with Crippen LogP contribution in [0.15, 0.2) is 109 Å². The molecule has 0 N–H and O–H groups in total. The van der Waals surface area contributed by atoms with Crippen molar-refractivity contribution in [3.8, 4) is 43.7 Å². The fraction of sp³-hybridized carbons (Fsp3) is 0.0588. The van der Waals surface area contributed by atoms with Crippen LogP contribution in [0.5, 0.6) is 0 Å². The molecule has 0 aliphatic heterocycles. The van der Waals surface area contributed by atoms with Crippen LogP contribution < -0.4 is 0 Å². The molecule has 0 atom stereocenters. The first-order valence-corrected chi connectivity index (χ1v) is 19.3. The number of nitrogens with zero attached hydrogens (tertiary/aromatic N) is 2. The standard InChI is InChI=1S/2C17H12ClNO2S.Pb/c2*18-13-8-6-11(7-9-13)16-14(10-15(20)21)22-17(19-16)12-4-2-1-3-5-12;/h2*1-9H,10H2,(H,20,21);/q;;+2/p-2. The van der Waals surface area contributed by atoms with Gasteiger partial charge in [0.05, 0.1) is 0 Å². The quantitative estimate of drug-likeness (QED) is 0.128.